The molecule has 2 N–H and O–H groups in total. The Balaban J connectivity index is 1.85. The van der Waals surface area contributed by atoms with Crippen LogP contribution in [0.4, 0.5) is 0 Å². The second-order valence-electron chi connectivity index (χ2n) is 5.81. The van der Waals surface area contributed by atoms with Gasteiger partial charge in [-0.1, -0.05) is 12.1 Å². The minimum atomic E-state index is -0.0762. The van der Waals surface area contributed by atoms with Crippen molar-refractivity contribution in [3.8, 4) is 0 Å². The summed E-state index contributed by atoms with van der Waals surface area (Å²) in [6.45, 7) is 4.21. The minimum Gasteiger partial charge on any atom is -0.396 e. The van der Waals surface area contributed by atoms with Gasteiger partial charge in [-0.3, -0.25) is 9.69 Å². The molecule has 1 saturated heterocycles. The van der Waals surface area contributed by atoms with Gasteiger partial charge in [-0.2, -0.15) is 0 Å². The molecule has 3 rings (SSSR count). The van der Waals surface area contributed by atoms with Gasteiger partial charge in [0, 0.05) is 6.61 Å². The summed E-state index contributed by atoms with van der Waals surface area (Å²) in [6.07, 6.45) is 2.00. The van der Waals surface area contributed by atoms with E-state index in [0.29, 0.717) is 11.3 Å². The van der Waals surface area contributed by atoms with Crippen LogP contribution >= 0.6 is 0 Å². The summed E-state index contributed by atoms with van der Waals surface area (Å²) in [5.74, 6) is 1.14. The standard InChI is InChI=1S/C16H21N3O2/c1-11(19-8-6-12(10-20)7-9-19)15-17-14-5-3-2-4-13(14)16(21)18-15/h2-5,11-12,20H,6-10H2,1H3,(H,17,18,21). The number of piperidine rings is 1. The average Bonchev–Trinajstić information content (AvgIpc) is 2.54. The van der Waals surface area contributed by atoms with Crippen molar-refractivity contribution in [1.29, 1.82) is 0 Å². The maximum absolute atomic E-state index is 12.1. The van der Waals surface area contributed by atoms with Crippen molar-refractivity contribution >= 4 is 10.9 Å². The van der Waals surface area contributed by atoms with Crippen molar-refractivity contribution in [3.63, 3.8) is 0 Å². The molecule has 5 nitrogen and oxygen atoms in total. The molecule has 1 fully saturated rings. The third-order valence-electron chi connectivity index (χ3n) is 4.48. The predicted octanol–water partition coefficient (Wildman–Crippen LogP) is 1.69. The fraction of sp³-hybridized carbons (Fsp3) is 0.500. The first-order valence-corrected chi connectivity index (χ1v) is 7.53. The number of H-pyrrole nitrogens is 1. The molecular formula is C16H21N3O2. The number of nitrogens with one attached hydrogen (secondary N) is 1. The summed E-state index contributed by atoms with van der Waals surface area (Å²) in [5.41, 5.74) is 0.668. The van der Waals surface area contributed by atoms with Gasteiger partial charge in [0.15, 0.2) is 0 Å². The molecule has 0 aliphatic carbocycles. The van der Waals surface area contributed by atoms with Crippen molar-refractivity contribution in [1.82, 2.24) is 14.9 Å². The van der Waals surface area contributed by atoms with Crippen molar-refractivity contribution in [2.75, 3.05) is 19.7 Å². The van der Waals surface area contributed by atoms with Crippen LogP contribution in [0.1, 0.15) is 31.6 Å². The largest absolute Gasteiger partial charge is 0.396 e. The number of hydrogen-bond acceptors (Lipinski definition) is 4. The molecule has 21 heavy (non-hydrogen) atoms. The highest BCUT2D eigenvalue weighted by Gasteiger charge is 2.24. The Morgan fingerprint density at radius 2 is 2.10 bits per heavy atom. The predicted molar refractivity (Wildman–Crippen MR) is 82.2 cm³/mol. The maximum Gasteiger partial charge on any atom is 0.258 e. The average molecular weight is 287 g/mol. The summed E-state index contributed by atoms with van der Waals surface area (Å²) in [5, 5.41) is 9.84. The highest BCUT2D eigenvalue weighted by molar-refractivity contribution is 5.77. The summed E-state index contributed by atoms with van der Waals surface area (Å²) in [7, 11) is 0. The number of aliphatic hydroxyl groups is 1. The van der Waals surface area contributed by atoms with E-state index >= 15 is 0 Å². The number of likely N-dealkylation sites (tertiary alicyclic amines) is 1. The van der Waals surface area contributed by atoms with Gasteiger partial charge in [0.25, 0.3) is 5.56 Å². The molecule has 2 aromatic rings. The van der Waals surface area contributed by atoms with Gasteiger partial charge in [0.1, 0.15) is 5.82 Å². The van der Waals surface area contributed by atoms with E-state index in [1.165, 1.54) is 0 Å². The van der Waals surface area contributed by atoms with Gasteiger partial charge >= 0.3 is 0 Å². The van der Waals surface area contributed by atoms with Gasteiger partial charge < -0.3 is 10.1 Å². The number of benzene rings is 1. The van der Waals surface area contributed by atoms with Crippen LogP contribution in [0.5, 0.6) is 0 Å². The first-order chi connectivity index (χ1) is 10.2. The Morgan fingerprint density at radius 1 is 1.38 bits per heavy atom. The lowest BCUT2D eigenvalue weighted by Crippen LogP contribution is -2.37. The molecule has 0 bridgehead atoms. The molecule has 0 spiro atoms. The normalized spacial score (nSPS) is 19.0. The summed E-state index contributed by atoms with van der Waals surface area (Å²) in [6, 6.07) is 7.50. The zero-order chi connectivity index (χ0) is 14.8. The van der Waals surface area contributed by atoms with Crippen LogP contribution < -0.4 is 5.56 Å². The van der Waals surface area contributed by atoms with Crippen molar-refractivity contribution in [2.45, 2.75) is 25.8 Å². The fourth-order valence-electron chi connectivity index (χ4n) is 3.00. The molecule has 1 aromatic heterocycles. The van der Waals surface area contributed by atoms with E-state index in [1.807, 2.05) is 18.2 Å². The van der Waals surface area contributed by atoms with Crippen LogP contribution in [0.2, 0.25) is 0 Å². The van der Waals surface area contributed by atoms with E-state index in [-0.39, 0.29) is 18.2 Å². The lowest BCUT2D eigenvalue weighted by Gasteiger charge is -2.34. The zero-order valence-electron chi connectivity index (χ0n) is 12.2. The molecular weight excluding hydrogens is 266 g/mol. The Labute approximate surface area is 123 Å². The Kier molecular flexibility index (Phi) is 4.03. The number of hydrogen-bond donors (Lipinski definition) is 2. The van der Waals surface area contributed by atoms with Crippen LogP contribution in [0.15, 0.2) is 29.1 Å². The maximum atomic E-state index is 12.1. The number of para-hydroxylation sites is 1. The fourth-order valence-corrected chi connectivity index (χ4v) is 3.00. The van der Waals surface area contributed by atoms with Crippen LogP contribution in [0, 0.1) is 5.92 Å². The molecule has 0 amide bonds. The van der Waals surface area contributed by atoms with E-state index in [0.717, 1.165) is 37.3 Å². The summed E-state index contributed by atoms with van der Waals surface area (Å²) < 4.78 is 0. The third-order valence-corrected chi connectivity index (χ3v) is 4.48. The molecule has 5 heteroatoms. The minimum absolute atomic E-state index is 0.0762. The lowest BCUT2D eigenvalue weighted by atomic mass is 9.97. The zero-order valence-corrected chi connectivity index (χ0v) is 12.2. The molecule has 1 aliphatic heterocycles. The summed E-state index contributed by atoms with van der Waals surface area (Å²) >= 11 is 0. The molecule has 1 unspecified atom stereocenters. The quantitative estimate of drug-likeness (QED) is 0.901. The van der Waals surface area contributed by atoms with Crippen molar-refractivity contribution in [3.05, 3.63) is 40.4 Å². The van der Waals surface area contributed by atoms with Gasteiger partial charge in [-0.25, -0.2) is 4.98 Å². The first kappa shape index (κ1) is 14.2. The van der Waals surface area contributed by atoms with Crippen LogP contribution in [0.3, 0.4) is 0 Å². The summed E-state index contributed by atoms with van der Waals surface area (Å²) in [4.78, 5) is 22.0. The smallest absolute Gasteiger partial charge is 0.258 e. The molecule has 0 saturated carbocycles. The molecule has 1 aliphatic rings. The lowest BCUT2D eigenvalue weighted by molar-refractivity contribution is 0.103. The number of aromatic nitrogens is 2. The van der Waals surface area contributed by atoms with Gasteiger partial charge in [0.05, 0.1) is 16.9 Å². The van der Waals surface area contributed by atoms with Gasteiger partial charge in [-0.05, 0) is 50.9 Å². The van der Waals surface area contributed by atoms with Crippen molar-refractivity contribution in [2.24, 2.45) is 5.92 Å². The number of aliphatic hydroxyl groups excluding tert-OH is 1. The second-order valence-corrected chi connectivity index (χ2v) is 5.81. The third kappa shape index (κ3) is 2.84. The van der Waals surface area contributed by atoms with E-state index in [2.05, 4.69) is 21.8 Å². The van der Waals surface area contributed by atoms with Crippen LogP contribution in [0.25, 0.3) is 10.9 Å². The van der Waals surface area contributed by atoms with Gasteiger partial charge in [-0.15, -0.1) is 0 Å². The Bertz CT molecular complexity index is 675. The SMILES string of the molecule is CC(c1nc2ccccc2c(=O)[nH]1)N1CCC(CO)CC1. The van der Waals surface area contributed by atoms with Crippen LogP contribution in [-0.4, -0.2) is 39.7 Å². The molecule has 1 atom stereocenters. The van der Waals surface area contributed by atoms with E-state index < -0.39 is 0 Å². The first-order valence-electron chi connectivity index (χ1n) is 7.53. The number of aromatic amines is 1. The monoisotopic (exact) mass is 287 g/mol. The Morgan fingerprint density at radius 3 is 2.81 bits per heavy atom. The topological polar surface area (TPSA) is 69.2 Å². The molecule has 0 radical (unpaired) electrons. The van der Waals surface area contributed by atoms with Gasteiger partial charge in [0.2, 0.25) is 0 Å². The number of nitrogens with zero attached hydrogens (tertiary/aromatic N) is 2. The molecule has 2 heterocycles. The highest BCUT2D eigenvalue weighted by atomic mass is 16.3. The molecule has 112 valence electrons. The van der Waals surface area contributed by atoms with E-state index in [9.17, 15) is 9.90 Å². The van der Waals surface area contributed by atoms with Crippen LogP contribution in [-0.2, 0) is 0 Å². The molecule has 1 aromatic carbocycles. The second kappa shape index (κ2) is 5.95. The van der Waals surface area contributed by atoms with Crippen molar-refractivity contribution < 1.29 is 5.11 Å². The Hall–Kier alpha value is -1.72. The van der Waals surface area contributed by atoms with E-state index in [4.69, 9.17) is 0 Å². The number of rotatable bonds is 3. The highest BCUT2D eigenvalue weighted by Crippen LogP contribution is 2.24. The van der Waals surface area contributed by atoms with E-state index in [1.54, 1.807) is 6.07 Å². The number of fused-ring (bicyclic) bond motifs is 1.